The lowest BCUT2D eigenvalue weighted by atomic mass is 10.2. The summed E-state index contributed by atoms with van der Waals surface area (Å²) in [5.74, 6) is -0.0181. The van der Waals surface area contributed by atoms with Gasteiger partial charge in [0.15, 0.2) is 0 Å². The molecule has 1 rings (SSSR count). The first-order chi connectivity index (χ1) is 7.37. The Labute approximate surface area is 110 Å². The van der Waals surface area contributed by atoms with Gasteiger partial charge in [0.05, 0.1) is 16.8 Å². The molecule has 0 unspecified atom stereocenters. The van der Waals surface area contributed by atoms with E-state index >= 15 is 0 Å². The van der Waals surface area contributed by atoms with E-state index < -0.39 is 25.1 Å². The number of halogens is 1. The molecule has 0 amide bonds. The molecule has 0 radical (unpaired) electrons. The van der Waals surface area contributed by atoms with Gasteiger partial charge in [-0.3, -0.25) is 0 Å². The molecular formula is C8H16INO4S2. The molecule has 0 aromatic heterocycles. The minimum atomic E-state index is -3.32. The van der Waals surface area contributed by atoms with Gasteiger partial charge in [-0.2, -0.15) is 0 Å². The predicted molar refractivity (Wildman–Crippen MR) is 72.1 cm³/mol. The van der Waals surface area contributed by atoms with Crippen molar-refractivity contribution in [3.05, 3.63) is 0 Å². The number of sulfonamides is 1. The Kier molecular flexibility index (Phi) is 5.46. The van der Waals surface area contributed by atoms with E-state index in [1.54, 1.807) is 0 Å². The first-order valence-electron chi connectivity index (χ1n) is 5.12. The third kappa shape index (κ3) is 4.46. The minimum Gasteiger partial charge on any atom is -0.229 e. The molecule has 1 N–H and O–H groups in total. The van der Waals surface area contributed by atoms with E-state index in [1.165, 1.54) is 0 Å². The lowest BCUT2D eigenvalue weighted by Gasteiger charge is -2.22. The first kappa shape index (κ1) is 14.7. The van der Waals surface area contributed by atoms with Crippen LogP contribution in [0, 0.1) is 0 Å². The number of hydrogen-bond acceptors (Lipinski definition) is 4. The van der Waals surface area contributed by atoms with Gasteiger partial charge in [-0.25, -0.2) is 21.6 Å². The molecule has 0 bridgehead atoms. The van der Waals surface area contributed by atoms with Crippen LogP contribution in [0.15, 0.2) is 0 Å². The third-order valence-electron chi connectivity index (χ3n) is 2.55. The number of sulfone groups is 1. The summed E-state index contributed by atoms with van der Waals surface area (Å²) in [6.07, 6.45) is 1.24. The maximum absolute atomic E-state index is 11.8. The van der Waals surface area contributed by atoms with Crippen LogP contribution in [0.5, 0.6) is 0 Å². The fourth-order valence-electron chi connectivity index (χ4n) is 1.58. The van der Waals surface area contributed by atoms with Gasteiger partial charge in [0, 0.05) is 11.0 Å². The van der Waals surface area contributed by atoms with Gasteiger partial charge in [0.2, 0.25) is 10.0 Å². The molecule has 1 aliphatic heterocycles. The van der Waals surface area contributed by atoms with Gasteiger partial charge in [-0.05, 0) is 19.3 Å². The Hall–Kier alpha value is 0.590. The fourth-order valence-corrected chi connectivity index (χ4v) is 5.27. The second kappa shape index (κ2) is 5.96. The molecule has 0 aromatic carbocycles. The summed E-state index contributed by atoms with van der Waals surface area (Å²) >= 11 is 2.18. The van der Waals surface area contributed by atoms with Gasteiger partial charge >= 0.3 is 0 Å². The molecule has 0 atom stereocenters. The predicted octanol–water partition coefficient (Wildman–Crippen LogP) is 0.308. The van der Waals surface area contributed by atoms with Crippen LogP contribution in [0.2, 0.25) is 0 Å². The third-order valence-corrected chi connectivity index (χ3v) is 6.99. The lowest BCUT2D eigenvalue weighted by molar-refractivity contribution is 0.542. The zero-order valence-corrected chi connectivity index (χ0v) is 12.6. The van der Waals surface area contributed by atoms with E-state index in [0.717, 1.165) is 10.8 Å². The first-order valence-corrected chi connectivity index (χ1v) is 10.0. The average molecular weight is 381 g/mol. The summed E-state index contributed by atoms with van der Waals surface area (Å²) in [6, 6.07) is 0. The van der Waals surface area contributed by atoms with E-state index in [2.05, 4.69) is 27.3 Å². The highest BCUT2D eigenvalue weighted by molar-refractivity contribution is 14.1. The van der Waals surface area contributed by atoms with Crippen LogP contribution in [0.25, 0.3) is 0 Å². The second-order valence-electron chi connectivity index (χ2n) is 3.83. The van der Waals surface area contributed by atoms with E-state index in [0.29, 0.717) is 6.54 Å². The Bertz CT molecular complexity index is 403. The summed E-state index contributed by atoms with van der Waals surface area (Å²) < 4.78 is 49.3. The molecule has 8 heteroatoms. The van der Waals surface area contributed by atoms with Crippen LogP contribution < -0.4 is 4.72 Å². The molecule has 1 aliphatic rings. The summed E-state index contributed by atoms with van der Waals surface area (Å²) in [5.41, 5.74) is 0. The van der Waals surface area contributed by atoms with Gasteiger partial charge in [0.1, 0.15) is 9.84 Å². The molecule has 1 fully saturated rings. The number of nitrogens with one attached hydrogen (secondary N) is 1. The summed E-state index contributed by atoms with van der Waals surface area (Å²) in [5, 5.41) is -0.537. The van der Waals surface area contributed by atoms with Crippen LogP contribution in [-0.4, -0.2) is 44.6 Å². The van der Waals surface area contributed by atoms with Crippen molar-refractivity contribution in [1.82, 2.24) is 4.72 Å². The topological polar surface area (TPSA) is 80.3 Å². The monoisotopic (exact) mass is 381 g/mol. The van der Waals surface area contributed by atoms with Crippen molar-refractivity contribution in [3.8, 4) is 0 Å². The molecule has 1 heterocycles. The summed E-state index contributed by atoms with van der Waals surface area (Å²) in [7, 11) is -6.32. The number of hydrogen-bond donors (Lipinski definition) is 1. The molecule has 0 spiro atoms. The SMILES string of the molecule is O=S1(=O)CCC(S(=O)(=O)NCCCI)CC1. The summed E-state index contributed by atoms with van der Waals surface area (Å²) in [4.78, 5) is 0. The maximum atomic E-state index is 11.8. The van der Waals surface area contributed by atoms with Gasteiger partial charge in [0.25, 0.3) is 0 Å². The van der Waals surface area contributed by atoms with Crippen LogP contribution in [0.4, 0.5) is 0 Å². The van der Waals surface area contributed by atoms with E-state index in [1.807, 2.05) is 0 Å². The Morgan fingerprint density at radius 3 is 2.31 bits per heavy atom. The van der Waals surface area contributed by atoms with Crippen molar-refractivity contribution < 1.29 is 16.8 Å². The van der Waals surface area contributed by atoms with Crippen LogP contribution in [0.1, 0.15) is 19.3 Å². The highest BCUT2D eigenvalue weighted by Crippen LogP contribution is 2.18. The van der Waals surface area contributed by atoms with Crippen molar-refractivity contribution >= 4 is 42.5 Å². The van der Waals surface area contributed by atoms with Crippen molar-refractivity contribution in [1.29, 1.82) is 0 Å². The highest BCUT2D eigenvalue weighted by atomic mass is 127. The van der Waals surface area contributed by atoms with Crippen LogP contribution in [-0.2, 0) is 19.9 Å². The van der Waals surface area contributed by atoms with E-state index in [-0.39, 0.29) is 24.3 Å². The summed E-state index contributed by atoms with van der Waals surface area (Å²) in [6.45, 7) is 0.439. The minimum absolute atomic E-state index is 0.00907. The van der Waals surface area contributed by atoms with Crippen molar-refractivity contribution in [2.45, 2.75) is 24.5 Å². The normalized spacial score (nSPS) is 22.1. The molecule has 1 saturated heterocycles. The Balaban J connectivity index is 2.52. The zero-order chi connectivity index (χ0) is 12.2. The molecule has 96 valence electrons. The second-order valence-corrected chi connectivity index (χ2v) is 9.26. The fraction of sp³-hybridized carbons (Fsp3) is 1.00. The van der Waals surface area contributed by atoms with Gasteiger partial charge in [-0.1, -0.05) is 22.6 Å². The highest BCUT2D eigenvalue weighted by Gasteiger charge is 2.32. The quantitative estimate of drug-likeness (QED) is 0.422. The smallest absolute Gasteiger partial charge is 0.214 e. The molecular weight excluding hydrogens is 365 g/mol. The largest absolute Gasteiger partial charge is 0.229 e. The maximum Gasteiger partial charge on any atom is 0.214 e. The molecule has 0 saturated carbocycles. The van der Waals surface area contributed by atoms with Crippen molar-refractivity contribution in [2.24, 2.45) is 0 Å². The molecule has 16 heavy (non-hydrogen) atoms. The van der Waals surface area contributed by atoms with E-state index in [9.17, 15) is 16.8 Å². The standard InChI is InChI=1S/C8H16INO4S2/c9-4-1-5-10-16(13,14)8-2-6-15(11,12)7-3-8/h8,10H,1-7H2. The molecule has 0 aliphatic carbocycles. The Morgan fingerprint density at radius 2 is 1.81 bits per heavy atom. The average Bonchev–Trinajstić information content (AvgIpc) is 2.17. The van der Waals surface area contributed by atoms with Crippen LogP contribution in [0.3, 0.4) is 0 Å². The van der Waals surface area contributed by atoms with E-state index in [4.69, 9.17) is 0 Å². The molecule has 0 aromatic rings. The van der Waals surface area contributed by atoms with Crippen molar-refractivity contribution in [2.75, 3.05) is 22.5 Å². The van der Waals surface area contributed by atoms with Gasteiger partial charge in [-0.15, -0.1) is 0 Å². The number of alkyl halides is 1. The molecule has 5 nitrogen and oxygen atoms in total. The van der Waals surface area contributed by atoms with Gasteiger partial charge < -0.3 is 0 Å². The zero-order valence-electron chi connectivity index (χ0n) is 8.85. The van der Waals surface area contributed by atoms with Crippen LogP contribution >= 0.6 is 22.6 Å². The Morgan fingerprint density at radius 1 is 1.25 bits per heavy atom. The number of rotatable bonds is 5. The lowest BCUT2D eigenvalue weighted by Crippen LogP contribution is -2.40. The van der Waals surface area contributed by atoms with Crippen molar-refractivity contribution in [3.63, 3.8) is 0 Å².